The molecule has 0 radical (unpaired) electrons. The van der Waals surface area contributed by atoms with E-state index >= 15 is 0 Å². The zero-order valence-corrected chi connectivity index (χ0v) is 12.4. The Bertz CT molecular complexity index is 656. The molecular weight excluding hydrogens is 290 g/mol. The first-order chi connectivity index (χ1) is 10.2. The number of aliphatic hydroxyl groups excluding tert-OH is 1. The van der Waals surface area contributed by atoms with Gasteiger partial charge in [0.1, 0.15) is 5.69 Å². The Balaban J connectivity index is 1.99. The van der Waals surface area contributed by atoms with Gasteiger partial charge >= 0.3 is 5.69 Å². The molecule has 1 aromatic heterocycles. The van der Waals surface area contributed by atoms with Gasteiger partial charge in [0.25, 0.3) is 0 Å². The summed E-state index contributed by atoms with van der Waals surface area (Å²) < 4.78 is 0.842. The zero-order valence-electron chi connectivity index (χ0n) is 11.6. The largest absolute Gasteiger partial charge is 0.396 e. The summed E-state index contributed by atoms with van der Waals surface area (Å²) in [5.41, 5.74) is 2.89. The maximum atomic E-state index is 11.5. The number of aromatic nitrogens is 1. The zero-order chi connectivity index (χ0) is 14.8. The maximum Gasteiger partial charge on any atom is 0.319 e. The normalized spacial score (nSPS) is 19.1. The average molecular weight is 307 g/mol. The Kier molecular flexibility index (Phi) is 4.03. The van der Waals surface area contributed by atoms with Gasteiger partial charge in [-0.25, -0.2) is 4.98 Å². The van der Waals surface area contributed by atoms with E-state index in [9.17, 15) is 10.1 Å². The van der Waals surface area contributed by atoms with Crippen molar-refractivity contribution in [2.45, 2.75) is 19.3 Å². The lowest BCUT2D eigenvalue weighted by molar-refractivity contribution is -0.382. The number of nitro groups is 1. The number of benzene rings is 1. The molecule has 2 aromatic rings. The molecule has 0 amide bonds. The van der Waals surface area contributed by atoms with Crippen molar-refractivity contribution < 1.29 is 10.0 Å². The monoisotopic (exact) mass is 307 g/mol. The Morgan fingerprint density at radius 1 is 1.52 bits per heavy atom. The minimum Gasteiger partial charge on any atom is -0.396 e. The molecule has 3 rings (SSSR count). The molecule has 0 saturated carbocycles. The molecule has 0 bridgehead atoms. The smallest absolute Gasteiger partial charge is 0.319 e. The molecule has 0 aliphatic carbocycles. The second kappa shape index (κ2) is 5.95. The van der Waals surface area contributed by atoms with Crippen LogP contribution in [-0.4, -0.2) is 34.7 Å². The van der Waals surface area contributed by atoms with Gasteiger partial charge in [0.2, 0.25) is 0 Å². The number of hydrogen-bond acceptors (Lipinski definition) is 6. The van der Waals surface area contributed by atoms with Crippen molar-refractivity contribution in [2.24, 2.45) is 5.92 Å². The van der Waals surface area contributed by atoms with E-state index in [-0.39, 0.29) is 17.2 Å². The summed E-state index contributed by atoms with van der Waals surface area (Å²) in [5.74, 6) is 0.398. The van der Waals surface area contributed by atoms with Gasteiger partial charge in [-0.3, -0.25) is 10.1 Å². The Morgan fingerprint density at radius 3 is 3.14 bits per heavy atom. The van der Waals surface area contributed by atoms with Crippen LogP contribution in [0.15, 0.2) is 17.6 Å². The quantitative estimate of drug-likeness (QED) is 0.694. The fourth-order valence-corrected chi connectivity index (χ4v) is 3.72. The van der Waals surface area contributed by atoms with Gasteiger partial charge in [-0.05, 0) is 37.3 Å². The molecule has 2 heterocycles. The Morgan fingerprint density at radius 2 is 2.38 bits per heavy atom. The molecule has 0 spiro atoms. The van der Waals surface area contributed by atoms with E-state index < -0.39 is 0 Å². The molecular formula is C14H17N3O3S. The molecule has 1 aromatic carbocycles. The summed E-state index contributed by atoms with van der Waals surface area (Å²) in [4.78, 5) is 17.4. The highest BCUT2D eigenvalue weighted by Gasteiger charge is 2.28. The fourth-order valence-electron chi connectivity index (χ4n) is 3.04. The minimum atomic E-state index is -0.326. The van der Waals surface area contributed by atoms with Crippen molar-refractivity contribution in [1.29, 1.82) is 0 Å². The van der Waals surface area contributed by atoms with E-state index in [1.54, 1.807) is 5.51 Å². The predicted molar refractivity (Wildman–Crippen MR) is 82.9 cm³/mol. The molecule has 6 nitrogen and oxygen atoms in total. The summed E-state index contributed by atoms with van der Waals surface area (Å²) in [6, 6.07) is 3.74. The number of nitro benzene ring substituents is 1. The number of aliphatic hydroxyl groups is 1. The molecule has 1 fully saturated rings. The molecule has 1 N–H and O–H groups in total. The summed E-state index contributed by atoms with van der Waals surface area (Å²) in [7, 11) is 0. The molecule has 112 valence electrons. The third-order valence-corrected chi connectivity index (χ3v) is 4.83. The van der Waals surface area contributed by atoms with Gasteiger partial charge in [-0.15, -0.1) is 11.3 Å². The lowest BCUT2D eigenvalue weighted by Crippen LogP contribution is -2.36. The number of hydrogen-bond donors (Lipinski definition) is 1. The molecule has 7 heteroatoms. The van der Waals surface area contributed by atoms with Crippen molar-refractivity contribution in [3.63, 3.8) is 0 Å². The first-order valence-electron chi connectivity index (χ1n) is 7.07. The maximum absolute atomic E-state index is 11.5. The van der Waals surface area contributed by atoms with Crippen LogP contribution in [0.1, 0.15) is 19.3 Å². The van der Waals surface area contributed by atoms with E-state index in [0.29, 0.717) is 17.1 Å². The van der Waals surface area contributed by atoms with Crippen molar-refractivity contribution in [2.75, 3.05) is 24.6 Å². The third kappa shape index (κ3) is 2.71. The van der Waals surface area contributed by atoms with E-state index in [1.807, 2.05) is 12.1 Å². The highest BCUT2D eigenvalue weighted by atomic mass is 32.1. The highest BCUT2D eigenvalue weighted by molar-refractivity contribution is 7.16. The second-order valence-corrected chi connectivity index (χ2v) is 6.24. The standard InChI is InChI=1S/C14H17N3O3S/c18-7-5-10-2-1-6-16(8-10)11-3-4-12-13(15-9-21-12)14(11)17(19)20/h3-4,9-10,18H,1-2,5-8H2. The van der Waals surface area contributed by atoms with Crippen LogP contribution in [-0.2, 0) is 0 Å². The predicted octanol–water partition coefficient (Wildman–Crippen LogP) is 2.80. The van der Waals surface area contributed by atoms with Crippen molar-refractivity contribution in [1.82, 2.24) is 4.98 Å². The van der Waals surface area contributed by atoms with Crippen LogP contribution in [0.25, 0.3) is 10.2 Å². The minimum absolute atomic E-state index is 0.110. The number of rotatable bonds is 4. The van der Waals surface area contributed by atoms with Gasteiger partial charge in [-0.2, -0.15) is 0 Å². The van der Waals surface area contributed by atoms with Crippen LogP contribution in [0.4, 0.5) is 11.4 Å². The van der Waals surface area contributed by atoms with Crippen LogP contribution in [0.5, 0.6) is 0 Å². The van der Waals surface area contributed by atoms with E-state index in [1.165, 1.54) is 11.3 Å². The molecule has 1 unspecified atom stereocenters. The number of fused-ring (bicyclic) bond motifs is 1. The number of nitrogens with zero attached hydrogens (tertiary/aromatic N) is 3. The molecule has 1 aliphatic heterocycles. The van der Waals surface area contributed by atoms with Crippen LogP contribution < -0.4 is 4.90 Å². The van der Waals surface area contributed by atoms with E-state index in [4.69, 9.17) is 5.11 Å². The lowest BCUT2D eigenvalue weighted by atomic mass is 9.94. The average Bonchev–Trinajstić information content (AvgIpc) is 2.95. The molecule has 1 atom stereocenters. The van der Waals surface area contributed by atoms with E-state index in [0.717, 1.165) is 37.1 Å². The Labute approximate surface area is 126 Å². The van der Waals surface area contributed by atoms with Crippen molar-refractivity contribution >= 4 is 32.9 Å². The van der Waals surface area contributed by atoms with Gasteiger partial charge in [0, 0.05) is 19.7 Å². The first-order valence-corrected chi connectivity index (χ1v) is 7.95. The summed E-state index contributed by atoms with van der Waals surface area (Å²) >= 11 is 1.42. The van der Waals surface area contributed by atoms with Gasteiger partial charge < -0.3 is 10.0 Å². The topological polar surface area (TPSA) is 79.5 Å². The summed E-state index contributed by atoms with van der Waals surface area (Å²) in [5, 5.41) is 20.6. The highest BCUT2D eigenvalue weighted by Crippen LogP contribution is 2.38. The van der Waals surface area contributed by atoms with Crippen LogP contribution in [0.3, 0.4) is 0 Å². The van der Waals surface area contributed by atoms with Crippen LogP contribution in [0, 0.1) is 16.0 Å². The third-order valence-electron chi connectivity index (χ3n) is 4.03. The molecule has 1 aliphatic rings. The van der Waals surface area contributed by atoms with Crippen LogP contribution >= 0.6 is 11.3 Å². The lowest BCUT2D eigenvalue weighted by Gasteiger charge is -2.33. The van der Waals surface area contributed by atoms with Crippen LogP contribution in [0.2, 0.25) is 0 Å². The van der Waals surface area contributed by atoms with Gasteiger partial charge in [0.15, 0.2) is 5.52 Å². The summed E-state index contributed by atoms with van der Waals surface area (Å²) in [6.07, 6.45) is 2.82. The van der Waals surface area contributed by atoms with Gasteiger partial charge in [0.05, 0.1) is 15.1 Å². The second-order valence-electron chi connectivity index (χ2n) is 5.36. The molecule has 21 heavy (non-hydrogen) atoms. The Hall–Kier alpha value is -1.73. The van der Waals surface area contributed by atoms with Crippen molar-refractivity contribution in [3.05, 3.63) is 27.8 Å². The number of thiazole rings is 1. The summed E-state index contributed by atoms with van der Waals surface area (Å²) in [6.45, 7) is 1.75. The number of piperidine rings is 1. The van der Waals surface area contributed by atoms with E-state index in [2.05, 4.69) is 9.88 Å². The first kappa shape index (κ1) is 14.2. The fraction of sp³-hybridized carbons (Fsp3) is 0.500. The number of anilines is 1. The van der Waals surface area contributed by atoms with Gasteiger partial charge in [-0.1, -0.05) is 0 Å². The van der Waals surface area contributed by atoms with Crippen molar-refractivity contribution in [3.8, 4) is 0 Å². The molecule has 1 saturated heterocycles. The SMILES string of the molecule is O=[N+]([O-])c1c(N2CCCC(CCO)C2)ccc2scnc12.